The van der Waals surface area contributed by atoms with Crippen LogP contribution in [0.5, 0.6) is 0 Å². The third kappa shape index (κ3) is 6.74. The van der Waals surface area contributed by atoms with E-state index in [9.17, 15) is 29.4 Å². The molecule has 1 aromatic heterocycles. The zero-order valence-electron chi connectivity index (χ0n) is 19.4. The maximum absolute atomic E-state index is 12.9. The number of aliphatic hydroxyl groups excluding tert-OH is 1. The molecule has 0 bridgehead atoms. The van der Waals surface area contributed by atoms with Gasteiger partial charge in [-0.25, -0.2) is 9.78 Å². The number of carbonyl (C=O) groups is 4. The van der Waals surface area contributed by atoms with Crippen molar-refractivity contribution in [2.24, 2.45) is 5.16 Å². The molecule has 2 aliphatic heterocycles. The fourth-order valence-electron chi connectivity index (χ4n) is 3.12. The monoisotopic (exact) mass is 535 g/mol. The predicted molar refractivity (Wildman–Crippen MR) is 119 cm³/mol. The average Bonchev–Trinajstić information content (AvgIpc) is 3.18. The molecular weight excluding hydrogens is 513 g/mol. The van der Waals surface area contributed by atoms with E-state index in [4.69, 9.17) is 15.3 Å². The van der Waals surface area contributed by atoms with Crippen LogP contribution < -0.4 is 45.7 Å². The van der Waals surface area contributed by atoms with E-state index in [2.05, 4.69) is 15.5 Å². The van der Waals surface area contributed by atoms with Crippen LogP contribution in [0.25, 0.3) is 0 Å². The molecule has 3 heterocycles. The standard InChI is InChI=1S/C19H23N5O8S2.Na/c1-19(2,3)32-10(26)5-31-23-11(9-7-34-18(20)21-9)14(27)22-12-15(28)24-13(17(29)30)8(4-25)6-33-16(12)24;/h7,12,16,25H,4-6H2,1-3H3,(H2,20,21)(H,22,27)(H,29,30);/q;+1/p-1/b23-11-;/t12-,16+;/m1./s1. The first-order valence-electron chi connectivity index (χ1n) is 9.86. The van der Waals surface area contributed by atoms with Crippen LogP contribution in [-0.4, -0.2) is 80.4 Å². The molecule has 13 nitrogen and oxygen atoms in total. The summed E-state index contributed by atoms with van der Waals surface area (Å²) in [6, 6.07) is -1.07. The molecule has 0 unspecified atom stereocenters. The van der Waals surface area contributed by atoms with E-state index in [1.165, 1.54) is 17.1 Å². The molecule has 0 aliphatic carbocycles. The van der Waals surface area contributed by atoms with E-state index in [0.717, 1.165) is 16.2 Å². The van der Waals surface area contributed by atoms with Crippen LogP contribution >= 0.6 is 23.1 Å². The molecule has 0 radical (unpaired) electrons. The van der Waals surface area contributed by atoms with Crippen LogP contribution in [0.2, 0.25) is 0 Å². The summed E-state index contributed by atoms with van der Waals surface area (Å²) in [6.45, 7) is 3.92. The second kappa shape index (κ2) is 11.7. The SMILES string of the molecule is CC(C)(C)OC(=O)CO/N=C(\C(=O)N[C@@H]1C(=O)N2C(C(=O)[O-])=C(CO)CS[C@@H]12)c1csc(N)n1.[Na+]. The number of aliphatic hydroxyl groups is 1. The van der Waals surface area contributed by atoms with Crippen molar-refractivity contribution in [1.29, 1.82) is 0 Å². The summed E-state index contributed by atoms with van der Waals surface area (Å²) < 4.78 is 5.11. The Labute approximate surface area is 230 Å². The number of oxime groups is 1. The molecule has 35 heavy (non-hydrogen) atoms. The van der Waals surface area contributed by atoms with Gasteiger partial charge in [-0.15, -0.1) is 23.1 Å². The van der Waals surface area contributed by atoms with Crippen molar-refractivity contribution in [2.45, 2.75) is 37.8 Å². The van der Waals surface area contributed by atoms with Crippen molar-refractivity contribution >= 4 is 57.7 Å². The van der Waals surface area contributed by atoms with Crippen LogP contribution in [0.15, 0.2) is 21.8 Å². The Hall–Kier alpha value is -2.17. The van der Waals surface area contributed by atoms with Gasteiger partial charge in [0.15, 0.2) is 10.8 Å². The number of nitrogens with one attached hydrogen (secondary N) is 1. The molecule has 184 valence electrons. The molecule has 1 aromatic rings. The van der Waals surface area contributed by atoms with Crippen LogP contribution in [0.3, 0.4) is 0 Å². The molecule has 0 saturated carbocycles. The summed E-state index contributed by atoms with van der Waals surface area (Å²) in [7, 11) is 0. The third-order valence-corrected chi connectivity index (χ3v) is 6.47. The fraction of sp³-hybridized carbons (Fsp3) is 0.474. The summed E-state index contributed by atoms with van der Waals surface area (Å²) in [4.78, 5) is 58.8. The third-order valence-electron chi connectivity index (χ3n) is 4.46. The number of fused-ring (bicyclic) bond motifs is 1. The zero-order chi connectivity index (χ0) is 25.2. The number of aliphatic carboxylic acids is 1. The van der Waals surface area contributed by atoms with Gasteiger partial charge in [-0.05, 0) is 26.3 Å². The number of esters is 1. The Balaban J connectivity index is 0.00000432. The molecular formula is C19H22N5NaO8S2. The molecule has 4 N–H and O–H groups in total. The molecule has 0 aromatic carbocycles. The Morgan fingerprint density at radius 3 is 2.63 bits per heavy atom. The van der Waals surface area contributed by atoms with Crippen molar-refractivity contribution in [3.05, 3.63) is 22.3 Å². The molecule has 2 amide bonds. The van der Waals surface area contributed by atoms with E-state index in [-0.39, 0.29) is 57.4 Å². The molecule has 2 atom stereocenters. The largest absolute Gasteiger partial charge is 1.00 e. The molecule has 0 spiro atoms. The molecule has 1 saturated heterocycles. The van der Waals surface area contributed by atoms with Crippen LogP contribution in [0.1, 0.15) is 26.5 Å². The number of aromatic nitrogens is 1. The number of thioether (sulfide) groups is 1. The second-order valence-corrected chi connectivity index (χ2v) is 10.1. The fourth-order valence-corrected chi connectivity index (χ4v) is 5.01. The van der Waals surface area contributed by atoms with Gasteiger partial charge in [0, 0.05) is 11.1 Å². The summed E-state index contributed by atoms with van der Waals surface area (Å²) in [5.74, 6) is -3.70. The minimum Gasteiger partial charge on any atom is -0.543 e. The topological polar surface area (TPSA) is 197 Å². The van der Waals surface area contributed by atoms with E-state index in [1.54, 1.807) is 20.8 Å². The number of nitrogens with two attached hydrogens (primary N) is 1. The van der Waals surface area contributed by atoms with Crippen LogP contribution in [0.4, 0.5) is 5.13 Å². The van der Waals surface area contributed by atoms with Crippen molar-refractivity contribution in [3.63, 3.8) is 0 Å². The quantitative estimate of drug-likeness (QED) is 0.0949. The number of ether oxygens (including phenoxy) is 1. The Morgan fingerprint density at radius 1 is 1.40 bits per heavy atom. The predicted octanol–water partition coefficient (Wildman–Crippen LogP) is -4.81. The number of carboxylic acid groups (broad SMARTS) is 1. The van der Waals surface area contributed by atoms with Crippen molar-refractivity contribution < 1.29 is 68.5 Å². The van der Waals surface area contributed by atoms with Crippen molar-refractivity contribution in [1.82, 2.24) is 15.2 Å². The van der Waals surface area contributed by atoms with E-state index in [0.29, 0.717) is 0 Å². The number of carbonyl (C=O) groups excluding carboxylic acids is 4. The number of anilines is 1. The number of hydrogen-bond donors (Lipinski definition) is 3. The summed E-state index contributed by atoms with van der Waals surface area (Å²) in [6.07, 6.45) is 0. The van der Waals surface area contributed by atoms with E-state index < -0.39 is 59.7 Å². The number of thiazole rings is 1. The zero-order valence-corrected chi connectivity index (χ0v) is 23.0. The first kappa shape index (κ1) is 29.1. The number of amides is 2. The molecule has 16 heteroatoms. The van der Waals surface area contributed by atoms with Gasteiger partial charge in [-0.3, -0.25) is 14.5 Å². The molecule has 3 rings (SSSR count). The van der Waals surface area contributed by atoms with Gasteiger partial charge >= 0.3 is 35.5 Å². The van der Waals surface area contributed by atoms with Gasteiger partial charge in [-0.1, -0.05) is 5.16 Å². The van der Waals surface area contributed by atoms with E-state index in [1.807, 2.05) is 0 Å². The average molecular weight is 536 g/mol. The first-order valence-corrected chi connectivity index (χ1v) is 11.8. The minimum atomic E-state index is -1.59. The summed E-state index contributed by atoms with van der Waals surface area (Å²) in [5.41, 5.74) is 4.36. The number of β-lactam (4-membered cyclic amide) rings is 1. The maximum atomic E-state index is 12.9. The smallest absolute Gasteiger partial charge is 0.543 e. The molecule has 1 fully saturated rings. The number of hydrogen-bond acceptors (Lipinski definition) is 13. The van der Waals surface area contributed by atoms with E-state index >= 15 is 0 Å². The van der Waals surface area contributed by atoms with Crippen LogP contribution in [0, 0.1) is 0 Å². The van der Waals surface area contributed by atoms with Gasteiger partial charge < -0.3 is 35.6 Å². The number of carboxylic acids is 1. The normalized spacial score (nSPS) is 19.8. The van der Waals surface area contributed by atoms with Gasteiger partial charge in [0.1, 0.15) is 22.7 Å². The summed E-state index contributed by atoms with van der Waals surface area (Å²) in [5, 5.41) is 27.9. The number of rotatable bonds is 8. The maximum Gasteiger partial charge on any atom is 1.00 e. The molecule has 2 aliphatic rings. The second-order valence-electron chi connectivity index (χ2n) is 8.13. The van der Waals surface area contributed by atoms with Gasteiger partial charge in [0.25, 0.3) is 11.8 Å². The Kier molecular flexibility index (Phi) is 9.72. The van der Waals surface area contributed by atoms with Gasteiger partial charge in [0.05, 0.1) is 18.3 Å². The van der Waals surface area contributed by atoms with Crippen LogP contribution in [-0.2, 0) is 28.8 Å². The first-order chi connectivity index (χ1) is 15.9. The van der Waals surface area contributed by atoms with Gasteiger partial charge in [-0.2, -0.15) is 0 Å². The van der Waals surface area contributed by atoms with Crippen molar-refractivity contribution in [3.8, 4) is 0 Å². The number of nitrogens with zero attached hydrogens (tertiary/aromatic N) is 3. The summed E-state index contributed by atoms with van der Waals surface area (Å²) >= 11 is 2.21. The van der Waals surface area contributed by atoms with Crippen molar-refractivity contribution in [2.75, 3.05) is 24.7 Å². The Morgan fingerprint density at radius 2 is 2.09 bits per heavy atom. The Bertz CT molecular complexity index is 1080. The van der Waals surface area contributed by atoms with Gasteiger partial charge in [0.2, 0.25) is 6.61 Å². The number of nitrogen functional groups attached to an aromatic ring is 1. The minimum absolute atomic E-state index is 0.